The number of anilines is 1. The summed E-state index contributed by atoms with van der Waals surface area (Å²) in [5, 5.41) is 5.23. The molecular weight excluding hydrogens is 276 g/mol. The Morgan fingerprint density at radius 3 is 2.00 bits per heavy atom. The molecule has 4 heteroatoms. The number of benzene rings is 2. The number of aryl methyl sites for hydroxylation is 3. The molecule has 0 unspecified atom stereocenters. The number of nitrogens with one attached hydrogen (secondary N) is 2. The van der Waals surface area contributed by atoms with Crippen LogP contribution in [0.2, 0.25) is 0 Å². The molecule has 2 amide bonds. The third-order valence-corrected chi connectivity index (χ3v) is 3.26. The van der Waals surface area contributed by atoms with Crippen molar-refractivity contribution in [1.82, 2.24) is 5.32 Å². The second-order valence-electron chi connectivity index (χ2n) is 5.50. The van der Waals surface area contributed by atoms with Crippen molar-refractivity contribution >= 4 is 17.5 Å². The van der Waals surface area contributed by atoms with Gasteiger partial charge in [0.1, 0.15) is 0 Å². The Labute approximate surface area is 130 Å². The number of carbonyl (C=O) groups excluding carboxylic acids is 2. The van der Waals surface area contributed by atoms with Crippen molar-refractivity contribution in [2.75, 3.05) is 5.32 Å². The molecule has 2 N–H and O–H groups in total. The molecule has 0 spiro atoms. The Bertz CT molecular complexity index is 670. The molecule has 0 aliphatic heterocycles. The number of hydrogen-bond donors (Lipinski definition) is 2. The molecule has 0 aliphatic rings. The maximum Gasteiger partial charge on any atom is 0.313 e. The van der Waals surface area contributed by atoms with Crippen LogP contribution in [0.3, 0.4) is 0 Å². The lowest BCUT2D eigenvalue weighted by atomic mass is 10.1. The monoisotopic (exact) mass is 296 g/mol. The number of amides is 2. The molecule has 0 aromatic heterocycles. The third kappa shape index (κ3) is 4.45. The fourth-order valence-electron chi connectivity index (χ4n) is 2.20. The Morgan fingerprint density at radius 2 is 1.41 bits per heavy atom. The van der Waals surface area contributed by atoms with Gasteiger partial charge in [0, 0.05) is 12.2 Å². The first-order valence-corrected chi connectivity index (χ1v) is 7.17. The van der Waals surface area contributed by atoms with E-state index >= 15 is 0 Å². The molecule has 0 saturated heterocycles. The van der Waals surface area contributed by atoms with Crippen LogP contribution in [0.1, 0.15) is 22.3 Å². The van der Waals surface area contributed by atoms with E-state index in [9.17, 15) is 9.59 Å². The molecule has 22 heavy (non-hydrogen) atoms. The van der Waals surface area contributed by atoms with Gasteiger partial charge < -0.3 is 10.6 Å². The minimum atomic E-state index is -0.655. The van der Waals surface area contributed by atoms with E-state index in [1.54, 1.807) is 0 Å². The van der Waals surface area contributed by atoms with Gasteiger partial charge in [-0.05, 0) is 49.6 Å². The lowest BCUT2D eigenvalue weighted by Crippen LogP contribution is -2.35. The molecule has 0 bridgehead atoms. The van der Waals surface area contributed by atoms with Crippen molar-refractivity contribution < 1.29 is 9.59 Å². The number of rotatable bonds is 3. The first-order valence-electron chi connectivity index (χ1n) is 7.17. The standard InChI is InChI=1S/C18H20N2O2/c1-12-4-6-15(7-5-12)11-19-17(21)18(22)20-16-9-13(2)8-14(3)10-16/h4-10H,11H2,1-3H3,(H,19,21)(H,20,22). The van der Waals surface area contributed by atoms with E-state index in [2.05, 4.69) is 10.6 Å². The fraction of sp³-hybridized carbons (Fsp3) is 0.222. The molecule has 114 valence electrons. The highest BCUT2D eigenvalue weighted by Gasteiger charge is 2.13. The van der Waals surface area contributed by atoms with E-state index in [4.69, 9.17) is 0 Å². The Kier molecular flexibility index (Phi) is 4.94. The van der Waals surface area contributed by atoms with Crippen molar-refractivity contribution in [3.05, 3.63) is 64.7 Å². The predicted octanol–water partition coefficient (Wildman–Crippen LogP) is 2.87. The quantitative estimate of drug-likeness (QED) is 0.856. The van der Waals surface area contributed by atoms with Gasteiger partial charge in [-0.2, -0.15) is 0 Å². The Hall–Kier alpha value is -2.62. The van der Waals surface area contributed by atoms with Crippen molar-refractivity contribution in [1.29, 1.82) is 0 Å². The third-order valence-electron chi connectivity index (χ3n) is 3.26. The van der Waals surface area contributed by atoms with Gasteiger partial charge in [0.25, 0.3) is 0 Å². The lowest BCUT2D eigenvalue weighted by molar-refractivity contribution is -0.136. The molecule has 0 saturated carbocycles. The summed E-state index contributed by atoms with van der Waals surface area (Å²) in [6.07, 6.45) is 0. The van der Waals surface area contributed by atoms with Crippen LogP contribution in [0.15, 0.2) is 42.5 Å². The topological polar surface area (TPSA) is 58.2 Å². The highest BCUT2D eigenvalue weighted by Crippen LogP contribution is 2.13. The van der Waals surface area contributed by atoms with Crippen LogP contribution >= 0.6 is 0 Å². The van der Waals surface area contributed by atoms with Crippen LogP contribution < -0.4 is 10.6 Å². The highest BCUT2D eigenvalue weighted by molar-refractivity contribution is 6.39. The second-order valence-corrected chi connectivity index (χ2v) is 5.50. The molecule has 2 aromatic carbocycles. The van der Waals surface area contributed by atoms with Crippen LogP contribution in [0.5, 0.6) is 0 Å². The largest absolute Gasteiger partial charge is 0.344 e. The van der Waals surface area contributed by atoms with Gasteiger partial charge in [0.2, 0.25) is 0 Å². The van der Waals surface area contributed by atoms with Crippen molar-refractivity contribution in [3.63, 3.8) is 0 Å². The SMILES string of the molecule is Cc1ccc(CNC(=O)C(=O)Nc2cc(C)cc(C)c2)cc1. The fourth-order valence-corrected chi connectivity index (χ4v) is 2.20. The summed E-state index contributed by atoms with van der Waals surface area (Å²) in [5.74, 6) is -1.29. The molecule has 4 nitrogen and oxygen atoms in total. The van der Waals surface area contributed by atoms with E-state index in [1.165, 1.54) is 0 Å². The van der Waals surface area contributed by atoms with Gasteiger partial charge in [0.15, 0.2) is 0 Å². The lowest BCUT2D eigenvalue weighted by Gasteiger charge is -2.08. The first-order chi connectivity index (χ1) is 10.4. The van der Waals surface area contributed by atoms with Crippen LogP contribution in [0.25, 0.3) is 0 Å². The van der Waals surface area contributed by atoms with Crippen molar-refractivity contribution in [3.8, 4) is 0 Å². The van der Waals surface area contributed by atoms with E-state index in [0.29, 0.717) is 12.2 Å². The molecule has 0 radical (unpaired) electrons. The summed E-state index contributed by atoms with van der Waals surface area (Å²) in [6.45, 7) is 6.22. The molecule has 0 heterocycles. The zero-order chi connectivity index (χ0) is 16.1. The summed E-state index contributed by atoms with van der Waals surface area (Å²) < 4.78 is 0. The highest BCUT2D eigenvalue weighted by atomic mass is 16.2. The molecule has 2 rings (SSSR count). The smallest absolute Gasteiger partial charge is 0.313 e. The van der Waals surface area contributed by atoms with Crippen LogP contribution in [0.4, 0.5) is 5.69 Å². The van der Waals surface area contributed by atoms with Crippen molar-refractivity contribution in [2.24, 2.45) is 0 Å². The van der Waals surface area contributed by atoms with Gasteiger partial charge in [-0.15, -0.1) is 0 Å². The van der Waals surface area contributed by atoms with Gasteiger partial charge >= 0.3 is 11.8 Å². The van der Waals surface area contributed by atoms with E-state index in [-0.39, 0.29) is 0 Å². The molecule has 0 aliphatic carbocycles. The van der Waals surface area contributed by atoms with Gasteiger partial charge in [-0.3, -0.25) is 9.59 Å². The number of carbonyl (C=O) groups is 2. The van der Waals surface area contributed by atoms with Gasteiger partial charge in [0.05, 0.1) is 0 Å². The second kappa shape index (κ2) is 6.89. The zero-order valence-electron chi connectivity index (χ0n) is 13.1. The first kappa shape index (κ1) is 15.8. The van der Waals surface area contributed by atoms with E-state index in [0.717, 1.165) is 22.3 Å². The summed E-state index contributed by atoms with van der Waals surface area (Å²) >= 11 is 0. The maximum absolute atomic E-state index is 11.9. The molecular formula is C18H20N2O2. The minimum Gasteiger partial charge on any atom is -0.344 e. The van der Waals surface area contributed by atoms with Crippen LogP contribution in [-0.4, -0.2) is 11.8 Å². The average Bonchev–Trinajstić information content (AvgIpc) is 2.45. The summed E-state index contributed by atoms with van der Waals surface area (Å²) in [5.41, 5.74) is 4.82. The molecule has 0 fully saturated rings. The zero-order valence-corrected chi connectivity index (χ0v) is 13.1. The predicted molar refractivity (Wildman–Crippen MR) is 87.6 cm³/mol. The maximum atomic E-state index is 11.9. The summed E-state index contributed by atoms with van der Waals surface area (Å²) in [7, 11) is 0. The van der Waals surface area contributed by atoms with Crippen molar-refractivity contribution in [2.45, 2.75) is 27.3 Å². The summed E-state index contributed by atoms with van der Waals surface area (Å²) in [4.78, 5) is 23.7. The van der Waals surface area contributed by atoms with E-state index in [1.807, 2.05) is 63.2 Å². The van der Waals surface area contributed by atoms with Crippen LogP contribution in [0, 0.1) is 20.8 Å². The number of hydrogen-bond acceptors (Lipinski definition) is 2. The minimum absolute atomic E-state index is 0.333. The normalized spacial score (nSPS) is 10.1. The average molecular weight is 296 g/mol. The molecule has 2 aromatic rings. The van der Waals surface area contributed by atoms with E-state index < -0.39 is 11.8 Å². The Balaban J connectivity index is 1.91. The molecule has 0 atom stereocenters. The van der Waals surface area contributed by atoms with Crippen LogP contribution in [-0.2, 0) is 16.1 Å². The Morgan fingerprint density at radius 1 is 0.818 bits per heavy atom. The summed E-state index contributed by atoms with van der Waals surface area (Å²) in [6, 6.07) is 13.5. The van der Waals surface area contributed by atoms with Gasteiger partial charge in [-0.25, -0.2) is 0 Å². The van der Waals surface area contributed by atoms with Gasteiger partial charge in [-0.1, -0.05) is 35.9 Å².